The Morgan fingerprint density at radius 2 is 1.16 bits per heavy atom. The molecule has 2 aromatic carbocycles. The molecule has 5 nitrogen and oxygen atoms in total. The lowest BCUT2D eigenvalue weighted by molar-refractivity contribution is 0.461. The van der Waals surface area contributed by atoms with Gasteiger partial charge in [-0.1, -0.05) is 36.4 Å². The van der Waals surface area contributed by atoms with Crippen LogP contribution in [0.1, 0.15) is 11.1 Å². The van der Waals surface area contributed by atoms with E-state index in [1.165, 1.54) is 36.4 Å². The van der Waals surface area contributed by atoms with Gasteiger partial charge in [-0.05, 0) is 48.2 Å². The maximum Gasteiger partial charge on any atom is 0.311 e. The highest BCUT2D eigenvalue weighted by Crippen LogP contribution is 2.22. The van der Waals surface area contributed by atoms with Gasteiger partial charge in [0.2, 0.25) is 0 Å². The summed E-state index contributed by atoms with van der Waals surface area (Å²) in [6.45, 7) is 7.17. The van der Waals surface area contributed by atoms with Gasteiger partial charge in [0.1, 0.15) is 0 Å². The van der Waals surface area contributed by atoms with E-state index < -0.39 is 20.2 Å². The number of allylic oxidation sites excluding steroid dienone is 2. The van der Waals surface area contributed by atoms with Crippen LogP contribution in [-0.2, 0) is 36.7 Å². The van der Waals surface area contributed by atoms with E-state index in [9.17, 15) is 16.8 Å². The summed E-state index contributed by atoms with van der Waals surface area (Å²) in [6.07, 6.45) is 4.16. The van der Waals surface area contributed by atoms with Gasteiger partial charge in [-0.15, -0.1) is 16.8 Å². The predicted octanol–water partition coefficient (Wildman–Crippen LogP) is 3.24. The minimum atomic E-state index is -4.47. The van der Waals surface area contributed by atoms with Crippen molar-refractivity contribution in [3.63, 3.8) is 0 Å². The van der Waals surface area contributed by atoms with Gasteiger partial charge in [0.25, 0.3) is 0 Å². The molecule has 0 aliphatic rings. The number of hydrogen-bond acceptors (Lipinski definition) is 5. The van der Waals surface area contributed by atoms with Crippen molar-refractivity contribution in [3.05, 3.63) is 85.0 Å². The van der Waals surface area contributed by atoms with E-state index in [1.54, 1.807) is 24.3 Å². The average molecular weight is 378 g/mol. The summed E-state index contributed by atoms with van der Waals surface area (Å²) in [5.74, 6) is 0. The highest BCUT2D eigenvalue weighted by Gasteiger charge is 2.27. The third-order valence-electron chi connectivity index (χ3n) is 3.31. The van der Waals surface area contributed by atoms with E-state index in [4.69, 9.17) is 0 Å². The number of rotatable bonds is 8. The van der Waals surface area contributed by atoms with Crippen LogP contribution >= 0.6 is 0 Å². The second kappa shape index (κ2) is 7.77. The predicted molar refractivity (Wildman–Crippen MR) is 96.1 cm³/mol. The molecule has 0 radical (unpaired) electrons. The van der Waals surface area contributed by atoms with E-state index in [0.29, 0.717) is 24.0 Å². The van der Waals surface area contributed by atoms with E-state index >= 15 is 0 Å². The van der Waals surface area contributed by atoms with Crippen LogP contribution in [0, 0.1) is 0 Å². The second-order valence-electron chi connectivity index (χ2n) is 5.26. The lowest BCUT2D eigenvalue weighted by atomic mass is 10.2. The Balaban J connectivity index is 2.35. The van der Waals surface area contributed by atoms with Crippen molar-refractivity contribution in [1.82, 2.24) is 0 Å². The van der Waals surface area contributed by atoms with Crippen molar-refractivity contribution >= 4 is 20.2 Å². The normalized spacial score (nSPS) is 11.8. The molecule has 0 fully saturated rings. The topological polar surface area (TPSA) is 77.5 Å². The molecule has 0 aliphatic carbocycles. The Morgan fingerprint density at radius 3 is 1.52 bits per heavy atom. The first-order valence-corrected chi connectivity index (χ1v) is 10.2. The molecule has 0 amide bonds. The van der Waals surface area contributed by atoms with E-state index in [1.807, 2.05) is 0 Å². The molecule has 0 heterocycles. The van der Waals surface area contributed by atoms with Gasteiger partial charge in [-0.2, -0.15) is 16.8 Å². The number of benzene rings is 2. The molecule has 0 spiro atoms. The summed E-state index contributed by atoms with van der Waals surface area (Å²) in [7, 11) is -8.95. The SMILES string of the molecule is C=CCc1cccc(S(=O)(=O)OS(=O)(=O)c2cccc(CC=C)c2)c1. The Kier molecular flexibility index (Phi) is 5.94. The van der Waals surface area contributed by atoms with Crippen molar-refractivity contribution in [2.24, 2.45) is 0 Å². The zero-order valence-corrected chi connectivity index (χ0v) is 15.1. The van der Waals surface area contributed by atoms with E-state index in [2.05, 4.69) is 16.8 Å². The van der Waals surface area contributed by atoms with Crippen LogP contribution in [0.25, 0.3) is 0 Å². The Hall–Kier alpha value is -2.22. The smallest absolute Gasteiger partial charge is 0.193 e. The Labute approximate surface area is 148 Å². The fourth-order valence-corrected chi connectivity index (χ4v) is 4.84. The monoisotopic (exact) mass is 378 g/mol. The molecular formula is C18H18O5S2. The van der Waals surface area contributed by atoms with Gasteiger partial charge in [0, 0.05) is 0 Å². The minimum Gasteiger partial charge on any atom is -0.193 e. The van der Waals surface area contributed by atoms with Crippen LogP contribution in [-0.4, -0.2) is 16.8 Å². The van der Waals surface area contributed by atoms with Crippen molar-refractivity contribution in [3.8, 4) is 0 Å². The van der Waals surface area contributed by atoms with Crippen molar-refractivity contribution in [2.75, 3.05) is 0 Å². The third kappa shape index (κ3) is 4.88. The summed E-state index contributed by atoms with van der Waals surface area (Å²) in [5, 5.41) is 0. The van der Waals surface area contributed by atoms with Gasteiger partial charge in [-0.25, -0.2) is 0 Å². The molecule has 0 atom stereocenters. The van der Waals surface area contributed by atoms with Gasteiger partial charge in [-0.3, -0.25) is 0 Å². The molecule has 0 unspecified atom stereocenters. The first-order chi connectivity index (χ1) is 11.8. The van der Waals surface area contributed by atoms with Crippen LogP contribution in [0.5, 0.6) is 0 Å². The molecule has 0 saturated heterocycles. The average Bonchev–Trinajstić information content (AvgIpc) is 2.55. The molecule has 0 aliphatic heterocycles. The molecule has 2 rings (SSSR count). The lowest BCUT2D eigenvalue weighted by Crippen LogP contribution is -2.14. The van der Waals surface area contributed by atoms with Gasteiger partial charge < -0.3 is 0 Å². The molecule has 0 saturated carbocycles. The third-order valence-corrected chi connectivity index (χ3v) is 6.41. The zero-order valence-electron chi connectivity index (χ0n) is 13.5. The summed E-state index contributed by atoms with van der Waals surface area (Å²) in [5.41, 5.74) is 1.37. The van der Waals surface area contributed by atoms with Gasteiger partial charge >= 0.3 is 20.2 Å². The highest BCUT2D eigenvalue weighted by molar-refractivity contribution is 7.99. The van der Waals surface area contributed by atoms with E-state index in [0.717, 1.165) is 0 Å². The fourth-order valence-electron chi connectivity index (χ4n) is 2.19. The largest absolute Gasteiger partial charge is 0.311 e. The zero-order chi connectivity index (χ0) is 18.5. The standard InChI is InChI=1S/C18H18O5S2/c1-3-7-15-9-5-11-17(13-15)24(19,20)23-25(21,22)18-12-6-10-16(14-18)8-4-2/h3-6,9-14H,1-2,7-8H2. The fraction of sp³-hybridized carbons (Fsp3) is 0.111. The van der Waals surface area contributed by atoms with Crippen molar-refractivity contribution in [1.29, 1.82) is 0 Å². The Morgan fingerprint density at radius 1 is 0.760 bits per heavy atom. The first kappa shape index (κ1) is 19.1. The van der Waals surface area contributed by atoms with Crippen LogP contribution in [0.3, 0.4) is 0 Å². The molecule has 2 aromatic rings. The van der Waals surface area contributed by atoms with Crippen molar-refractivity contribution < 1.29 is 20.5 Å². The molecular weight excluding hydrogens is 360 g/mol. The molecule has 0 bridgehead atoms. The minimum absolute atomic E-state index is 0.224. The molecule has 0 aromatic heterocycles. The summed E-state index contributed by atoms with van der Waals surface area (Å²) < 4.78 is 53.9. The molecule has 132 valence electrons. The quantitative estimate of drug-likeness (QED) is 0.659. The van der Waals surface area contributed by atoms with Gasteiger partial charge in [0.05, 0.1) is 9.79 Å². The summed E-state index contributed by atoms with van der Waals surface area (Å²) >= 11 is 0. The molecule has 25 heavy (non-hydrogen) atoms. The lowest BCUT2D eigenvalue weighted by Gasteiger charge is -2.08. The maximum atomic E-state index is 12.3. The summed E-state index contributed by atoms with van der Waals surface area (Å²) in [6, 6.07) is 11.8. The Bertz CT molecular complexity index is 908. The second-order valence-corrected chi connectivity index (χ2v) is 8.56. The molecule has 7 heteroatoms. The van der Waals surface area contributed by atoms with Crippen molar-refractivity contribution in [2.45, 2.75) is 22.6 Å². The van der Waals surface area contributed by atoms with Crippen LogP contribution < -0.4 is 0 Å². The van der Waals surface area contributed by atoms with Gasteiger partial charge in [0.15, 0.2) is 0 Å². The maximum absolute atomic E-state index is 12.3. The van der Waals surface area contributed by atoms with Crippen LogP contribution in [0.4, 0.5) is 0 Å². The van der Waals surface area contributed by atoms with Crippen LogP contribution in [0.15, 0.2) is 83.6 Å². The number of hydrogen-bond donors (Lipinski definition) is 0. The highest BCUT2D eigenvalue weighted by atomic mass is 32.3. The van der Waals surface area contributed by atoms with Crippen LogP contribution in [0.2, 0.25) is 0 Å². The first-order valence-electron chi connectivity index (χ1n) is 7.39. The molecule has 0 N–H and O–H groups in total. The van der Waals surface area contributed by atoms with E-state index in [-0.39, 0.29) is 9.79 Å². The summed E-state index contributed by atoms with van der Waals surface area (Å²) in [4.78, 5) is -0.449.